The fourth-order valence-electron chi connectivity index (χ4n) is 1.77. The Morgan fingerprint density at radius 3 is 2.16 bits per heavy atom. The molecule has 1 amide bonds. The van der Waals surface area contributed by atoms with Crippen molar-refractivity contribution in [1.82, 2.24) is 4.72 Å². The molecule has 0 fully saturated rings. The number of rotatable bonds is 3. The van der Waals surface area contributed by atoms with Crippen molar-refractivity contribution in [3.63, 3.8) is 0 Å². The molecular formula is C14H12NO3S. The number of benzene rings is 2. The first-order valence-electron chi connectivity index (χ1n) is 5.64. The van der Waals surface area contributed by atoms with Crippen molar-refractivity contribution in [1.29, 1.82) is 0 Å². The van der Waals surface area contributed by atoms with Crippen LogP contribution in [0.2, 0.25) is 0 Å². The maximum absolute atomic E-state index is 12.0. The van der Waals surface area contributed by atoms with E-state index in [9.17, 15) is 13.2 Å². The summed E-state index contributed by atoms with van der Waals surface area (Å²) in [4.78, 5) is 11.0. The van der Waals surface area contributed by atoms with Gasteiger partial charge >= 0.3 is 0 Å². The summed E-state index contributed by atoms with van der Waals surface area (Å²) in [7, 11) is -3.96. The standard InChI is InChI=1S/C14H12NO3S/c1-11(16)15-19(17,18)14-10-6-5-9-13(14)12-7-3-2-4-8-12/h2-10H,1H3. The van der Waals surface area contributed by atoms with Crippen LogP contribution in [-0.2, 0) is 14.8 Å². The molecule has 2 aromatic carbocycles. The molecule has 5 heteroatoms. The lowest BCUT2D eigenvalue weighted by Gasteiger charge is -2.09. The highest BCUT2D eigenvalue weighted by molar-refractivity contribution is 7.90. The maximum atomic E-state index is 12.0. The number of nitrogens with zero attached hydrogens (tertiary/aromatic N) is 1. The minimum absolute atomic E-state index is 0.0383. The van der Waals surface area contributed by atoms with Crippen molar-refractivity contribution in [2.45, 2.75) is 11.8 Å². The van der Waals surface area contributed by atoms with Gasteiger partial charge < -0.3 is 0 Å². The predicted octanol–water partition coefficient (Wildman–Crippen LogP) is 2.19. The molecule has 0 spiro atoms. The van der Waals surface area contributed by atoms with E-state index in [1.165, 1.54) is 6.07 Å². The van der Waals surface area contributed by atoms with Gasteiger partial charge in [0.2, 0.25) is 0 Å². The molecule has 1 radical (unpaired) electrons. The molecule has 0 unspecified atom stereocenters. The van der Waals surface area contributed by atoms with E-state index in [1.54, 1.807) is 18.2 Å². The van der Waals surface area contributed by atoms with Gasteiger partial charge in [-0.25, -0.2) is 0 Å². The molecule has 0 saturated heterocycles. The van der Waals surface area contributed by atoms with Crippen LogP contribution < -0.4 is 4.72 Å². The smallest absolute Gasteiger partial charge is 0.272 e. The quantitative estimate of drug-likeness (QED) is 0.861. The molecule has 4 nitrogen and oxygen atoms in total. The molecule has 0 N–H and O–H groups in total. The van der Waals surface area contributed by atoms with Gasteiger partial charge in [-0.1, -0.05) is 48.5 Å². The average molecular weight is 274 g/mol. The first-order chi connectivity index (χ1) is 9.00. The third-order valence-electron chi connectivity index (χ3n) is 2.50. The van der Waals surface area contributed by atoms with Crippen LogP contribution >= 0.6 is 0 Å². The first kappa shape index (κ1) is 13.3. The minimum Gasteiger partial charge on any atom is -0.272 e. The summed E-state index contributed by atoms with van der Waals surface area (Å²) in [6.45, 7) is 1.11. The Hall–Kier alpha value is -2.14. The molecular weight excluding hydrogens is 262 g/mol. The Balaban J connectivity index is 2.58. The van der Waals surface area contributed by atoms with Gasteiger partial charge in [0.25, 0.3) is 15.9 Å². The average Bonchev–Trinajstić information content (AvgIpc) is 2.38. The van der Waals surface area contributed by atoms with Crippen LogP contribution in [-0.4, -0.2) is 14.3 Å². The summed E-state index contributed by atoms with van der Waals surface area (Å²) < 4.78 is 27.3. The molecule has 2 rings (SSSR count). The molecule has 2 aromatic rings. The van der Waals surface area contributed by atoms with Gasteiger partial charge in [-0.2, -0.15) is 8.42 Å². The van der Waals surface area contributed by atoms with Crippen LogP contribution in [0.3, 0.4) is 0 Å². The van der Waals surface area contributed by atoms with E-state index >= 15 is 0 Å². The lowest BCUT2D eigenvalue weighted by atomic mass is 10.1. The number of amides is 1. The molecule has 0 aliphatic rings. The third kappa shape index (κ3) is 3.00. The SMILES string of the molecule is CC(=O)[N]S(=O)(=O)c1ccccc1-c1ccccc1. The molecule has 19 heavy (non-hydrogen) atoms. The van der Waals surface area contributed by atoms with Crippen LogP contribution in [0.4, 0.5) is 0 Å². The van der Waals surface area contributed by atoms with Gasteiger partial charge in [-0.3, -0.25) is 4.79 Å². The molecule has 0 heterocycles. The Morgan fingerprint density at radius 2 is 1.53 bits per heavy atom. The lowest BCUT2D eigenvalue weighted by molar-refractivity contribution is -0.117. The number of hydrogen-bond acceptors (Lipinski definition) is 3. The van der Waals surface area contributed by atoms with Crippen molar-refractivity contribution < 1.29 is 13.2 Å². The Bertz CT molecular complexity index is 694. The summed E-state index contributed by atoms with van der Waals surface area (Å²) in [5, 5.41) is 0. The topological polar surface area (TPSA) is 65.3 Å². The van der Waals surface area contributed by atoms with Gasteiger partial charge in [-0.05, 0) is 11.6 Å². The molecule has 0 atom stereocenters. The van der Waals surface area contributed by atoms with Crippen LogP contribution in [0.5, 0.6) is 0 Å². The van der Waals surface area contributed by atoms with Crippen molar-refractivity contribution >= 4 is 15.9 Å². The second kappa shape index (κ2) is 5.24. The van der Waals surface area contributed by atoms with Gasteiger partial charge in [0.1, 0.15) is 0 Å². The summed E-state index contributed by atoms with van der Waals surface area (Å²) in [5.41, 5.74) is 1.30. The number of sulfonamides is 1. The lowest BCUT2D eigenvalue weighted by Crippen LogP contribution is -2.21. The monoisotopic (exact) mass is 274 g/mol. The van der Waals surface area contributed by atoms with E-state index in [0.717, 1.165) is 12.5 Å². The first-order valence-corrected chi connectivity index (χ1v) is 7.08. The normalized spacial score (nSPS) is 11.0. The third-order valence-corrected chi connectivity index (χ3v) is 3.91. The van der Waals surface area contributed by atoms with Crippen LogP contribution in [0.25, 0.3) is 11.1 Å². The van der Waals surface area contributed by atoms with Gasteiger partial charge in [0, 0.05) is 12.5 Å². The van der Waals surface area contributed by atoms with Gasteiger partial charge in [-0.15, -0.1) is 4.72 Å². The largest absolute Gasteiger partial charge is 0.286 e. The molecule has 0 aromatic heterocycles. The molecule has 97 valence electrons. The van der Waals surface area contributed by atoms with Crippen molar-refractivity contribution in [2.24, 2.45) is 0 Å². The highest BCUT2D eigenvalue weighted by atomic mass is 32.2. The number of hydrogen-bond donors (Lipinski definition) is 0. The predicted molar refractivity (Wildman–Crippen MR) is 71.9 cm³/mol. The highest BCUT2D eigenvalue weighted by Gasteiger charge is 2.21. The Morgan fingerprint density at radius 1 is 0.947 bits per heavy atom. The van der Waals surface area contributed by atoms with Crippen LogP contribution in [0.15, 0.2) is 59.5 Å². The van der Waals surface area contributed by atoms with E-state index in [1.807, 2.05) is 30.3 Å². The molecule has 0 aliphatic carbocycles. The van der Waals surface area contributed by atoms with Crippen LogP contribution in [0.1, 0.15) is 6.92 Å². The van der Waals surface area contributed by atoms with Gasteiger partial charge in [0.15, 0.2) is 0 Å². The number of carbonyl (C=O) groups excluding carboxylic acids is 1. The zero-order valence-electron chi connectivity index (χ0n) is 10.3. The van der Waals surface area contributed by atoms with E-state index in [4.69, 9.17) is 0 Å². The fraction of sp³-hybridized carbons (Fsp3) is 0.0714. The zero-order valence-corrected chi connectivity index (χ0v) is 11.1. The Kier molecular flexibility index (Phi) is 3.66. The number of carbonyl (C=O) groups is 1. The zero-order chi connectivity index (χ0) is 13.9. The van der Waals surface area contributed by atoms with E-state index < -0.39 is 15.9 Å². The fourth-order valence-corrected chi connectivity index (χ4v) is 2.92. The van der Waals surface area contributed by atoms with Crippen molar-refractivity contribution in [3.8, 4) is 11.1 Å². The Labute approximate surface area is 112 Å². The van der Waals surface area contributed by atoms with Crippen molar-refractivity contribution in [2.75, 3.05) is 0 Å². The summed E-state index contributed by atoms with van der Waals surface area (Å²) in [6.07, 6.45) is 0. The van der Waals surface area contributed by atoms with Gasteiger partial charge in [0.05, 0.1) is 4.90 Å². The second-order valence-corrected chi connectivity index (χ2v) is 5.52. The van der Waals surface area contributed by atoms with E-state index in [-0.39, 0.29) is 4.90 Å². The summed E-state index contributed by atoms with van der Waals surface area (Å²) in [5.74, 6) is -0.733. The molecule has 0 aliphatic heterocycles. The van der Waals surface area contributed by atoms with Crippen LogP contribution in [0, 0.1) is 0 Å². The summed E-state index contributed by atoms with van der Waals surface area (Å²) in [6, 6.07) is 15.6. The minimum atomic E-state index is -3.96. The van der Waals surface area contributed by atoms with Crippen molar-refractivity contribution in [3.05, 3.63) is 54.6 Å². The van der Waals surface area contributed by atoms with E-state index in [0.29, 0.717) is 5.56 Å². The van der Waals surface area contributed by atoms with E-state index in [2.05, 4.69) is 4.72 Å². The second-order valence-electron chi connectivity index (χ2n) is 3.95. The molecule has 0 bridgehead atoms. The maximum Gasteiger partial charge on any atom is 0.286 e. The molecule has 0 saturated carbocycles. The summed E-state index contributed by atoms with van der Waals surface area (Å²) >= 11 is 0. The highest BCUT2D eigenvalue weighted by Crippen LogP contribution is 2.27.